The second-order valence-corrected chi connectivity index (χ2v) is 4.82. The summed E-state index contributed by atoms with van der Waals surface area (Å²) in [4.78, 5) is 15.2. The van der Waals surface area contributed by atoms with Gasteiger partial charge >= 0.3 is 0 Å². The molecule has 3 aromatic rings. The zero-order valence-electron chi connectivity index (χ0n) is 10.0. The Morgan fingerprint density at radius 1 is 1.22 bits per heavy atom. The number of aromatic nitrogens is 1. The molecule has 2 aromatic carbocycles. The third kappa shape index (κ3) is 1.06. The van der Waals surface area contributed by atoms with E-state index in [9.17, 15) is 4.79 Å². The molecule has 3 nitrogen and oxygen atoms in total. The molecule has 0 saturated heterocycles. The van der Waals surface area contributed by atoms with Gasteiger partial charge in [-0.1, -0.05) is 18.2 Å². The van der Waals surface area contributed by atoms with E-state index in [1.54, 1.807) is 0 Å². The summed E-state index contributed by atoms with van der Waals surface area (Å²) < 4.78 is 0. The van der Waals surface area contributed by atoms with E-state index < -0.39 is 0 Å². The molecular formula is C15H12N2O. The maximum atomic E-state index is 11.8. The Bertz CT molecular complexity index is 814. The molecule has 2 N–H and O–H groups in total. The van der Waals surface area contributed by atoms with E-state index >= 15 is 0 Å². The Morgan fingerprint density at radius 2 is 2.06 bits per heavy atom. The van der Waals surface area contributed by atoms with Crippen molar-refractivity contribution >= 4 is 27.7 Å². The van der Waals surface area contributed by atoms with Crippen LogP contribution in [0.2, 0.25) is 0 Å². The largest absolute Gasteiger partial charge is 0.354 e. The molecular weight excluding hydrogens is 224 g/mol. The number of aromatic amines is 1. The molecule has 0 fully saturated rings. The average Bonchev–Trinajstić information content (AvgIpc) is 2.92. The van der Waals surface area contributed by atoms with Gasteiger partial charge in [0.05, 0.1) is 0 Å². The van der Waals surface area contributed by atoms with E-state index in [4.69, 9.17) is 0 Å². The number of H-pyrrole nitrogens is 1. The van der Waals surface area contributed by atoms with Crippen LogP contribution in [0.25, 0.3) is 21.8 Å². The van der Waals surface area contributed by atoms with E-state index in [1.165, 1.54) is 10.8 Å². The summed E-state index contributed by atoms with van der Waals surface area (Å²) in [6.07, 6.45) is 0. The van der Waals surface area contributed by atoms with Gasteiger partial charge in [-0.15, -0.1) is 0 Å². The average molecular weight is 236 g/mol. The molecule has 88 valence electrons. The van der Waals surface area contributed by atoms with Gasteiger partial charge in [0.25, 0.3) is 5.91 Å². The summed E-state index contributed by atoms with van der Waals surface area (Å²) in [6.45, 7) is 2.68. The van der Waals surface area contributed by atoms with Crippen molar-refractivity contribution in [3.8, 4) is 0 Å². The summed E-state index contributed by atoms with van der Waals surface area (Å²) in [5, 5.41) is 5.30. The summed E-state index contributed by atoms with van der Waals surface area (Å²) in [6, 6.07) is 10.2. The van der Waals surface area contributed by atoms with Crippen LogP contribution < -0.4 is 5.32 Å². The van der Waals surface area contributed by atoms with Crippen molar-refractivity contribution in [1.82, 2.24) is 10.3 Å². The molecule has 0 unspecified atom stereocenters. The number of aryl methyl sites for hydroxylation is 1. The van der Waals surface area contributed by atoms with Crippen molar-refractivity contribution in [2.75, 3.05) is 0 Å². The molecule has 3 heteroatoms. The highest BCUT2D eigenvalue weighted by atomic mass is 16.1. The van der Waals surface area contributed by atoms with Gasteiger partial charge in [-0.25, -0.2) is 0 Å². The highest BCUT2D eigenvalue weighted by Gasteiger charge is 2.23. The summed E-state index contributed by atoms with van der Waals surface area (Å²) in [5.41, 5.74) is 5.34. The van der Waals surface area contributed by atoms with Gasteiger partial charge < -0.3 is 10.3 Å². The second-order valence-electron chi connectivity index (χ2n) is 4.82. The lowest BCUT2D eigenvalue weighted by Gasteiger charge is -2.02. The van der Waals surface area contributed by atoms with Crippen LogP contribution in [0.4, 0.5) is 0 Å². The lowest BCUT2D eigenvalue weighted by atomic mass is 9.99. The van der Waals surface area contributed by atoms with Gasteiger partial charge in [0.2, 0.25) is 0 Å². The molecule has 0 aliphatic carbocycles. The van der Waals surface area contributed by atoms with Crippen molar-refractivity contribution in [1.29, 1.82) is 0 Å². The predicted octanol–water partition coefficient (Wildman–Crippen LogP) is 2.87. The van der Waals surface area contributed by atoms with Crippen molar-refractivity contribution in [3.05, 3.63) is 47.0 Å². The number of para-hydroxylation sites is 1. The topological polar surface area (TPSA) is 44.9 Å². The number of carbonyl (C=O) groups excluding carboxylic acids is 1. The molecule has 2 heterocycles. The van der Waals surface area contributed by atoms with Crippen molar-refractivity contribution in [3.63, 3.8) is 0 Å². The quantitative estimate of drug-likeness (QED) is 0.619. The summed E-state index contributed by atoms with van der Waals surface area (Å²) in [5.74, 6) is 0.0419. The van der Waals surface area contributed by atoms with Gasteiger partial charge in [-0.3, -0.25) is 4.79 Å². The number of hydrogen-bond donors (Lipinski definition) is 2. The molecule has 0 spiro atoms. The van der Waals surface area contributed by atoms with Crippen LogP contribution in [0.1, 0.15) is 21.5 Å². The van der Waals surface area contributed by atoms with Crippen LogP contribution in [0.3, 0.4) is 0 Å². The molecule has 0 bridgehead atoms. The molecule has 1 amide bonds. The third-order valence-electron chi connectivity index (χ3n) is 3.76. The lowest BCUT2D eigenvalue weighted by Crippen LogP contribution is -2.12. The van der Waals surface area contributed by atoms with E-state index in [2.05, 4.69) is 22.4 Å². The van der Waals surface area contributed by atoms with Crippen LogP contribution in [0, 0.1) is 6.92 Å². The van der Waals surface area contributed by atoms with Gasteiger partial charge in [-0.2, -0.15) is 0 Å². The van der Waals surface area contributed by atoms with E-state index in [-0.39, 0.29) is 5.91 Å². The first kappa shape index (κ1) is 9.71. The fourth-order valence-electron chi connectivity index (χ4n) is 2.91. The number of rotatable bonds is 0. The minimum atomic E-state index is 0.0419. The van der Waals surface area contributed by atoms with Gasteiger partial charge in [0, 0.05) is 33.9 Å². The van der Waals surface area contributed by atoms with Gasteiger partial charge in [-0.05, 0) is 30.2 Å². The van der Waals surface area contributed by atoms with E-state index in [1.807, 2.05) is 25.1 Å². The first-order chi connectivity index (χ1) is 8.75. The predicted molar refractivity (Wildman–Crippen MR) is 71.7 cm³/mol. The van der Waals surface area contributed by atoms with E-state index in [0.717, 1.165) is 27.7 Å². The molecule has 1 aromatic heterocycles. The number of nitrogens with one attached hydrogen (secondary N) is 2. The van der Waals surface area contributed by atoms with Crippen LogP contribution in [-0.2, 0) is 6.54 Å². The minimum Gasteiger partial charge on any atom is -0.354 e. The zero-order chi connectivity index (χ0) is 12.3. The van der Waals surface area contributed by atoms with Crippen LogP contribution in [-0.4, -0.2) is 10.9 Å². The third-order valence-corrected chi connectivity index (χ3v) is 3.76. The number of benzene rings is 2. The molecule has 1 aliphatic rings. The van der Waals surface area contributed by atoms with Crippen LogP contribution >= 0.6 is 0 Å². The van der Waals surface area contributed by atoms with Crippen LogP contribution in [0.5, 0.6) is 0 Å². The van der Waals surface area contributed by atoms with Crippen molar-refractivity contribution < 1.29 is 4.79 Å². The Morgan fingerprint density at radius 3 is 2.94 bits per heavy atom. The fraction of sp³-hybridized carbons (Fsp3) is 0.133. The first-order valence-corrected chi connectivity index (χ1v) is 6.07. The molecule has 0 saturated carbocycles. The first-order valence-electron chi connectivity index (χ1n) is 6.07. The van der Waals surface area contributed by atoms with Crippen molar-refractivity contribution in [2.45, 2.75) is 13.5 Å². The Hall–Kier alpha value is -2.29. The summed E-state index contributed by atoms with van der Waals surface area (Å²) in [7, 11) is 0. The lowest BCUT2D eigenvalue weighted by molar-refractivity contribution is 0.0965. The monoisotopic (exact) mass is 236 g/mol. The number of amides is 1. The second kappa shape index (κ2) is 3.13. The minimum absolute atomic E-state index is 0.0419. The van der Waals surface area contributed by atoms with Crippen LogP contribution in [0.15, 0.2) is 30.3 Å². The molecule has 4 rings (SSSR count). The van der Waals surface area contributed by atoms with Gasteiger partial charge in [0.1, 0.15) is 0 Å². The normalized spacial score (nSPS) is 14.2. The molecule has 0 radical (unpaired) electrons. The highest BCUT2D eigenvalue weighted by molar-refractivity contribution is 6.14. The Balaban J connectivity index is 2.29. The molecule has 1 aliphatic heterocycles. The summed E-state index contributed by atoms with van der Waals surface area (Å²) >= 11 is 0. The van der Waals surface area contributed by atoms with Crippen molar-refractivity contribution in [2.24, 2.45) is 0 Å². The maximum Gasteiger partial charge on any atom is 0.251 e. The SMILES string of the molecule is Cc1cc2c(c3c1[nH]c1ccccc13)CNC2=O. The van der Waals surface area contributed by atoms with Gasteiger partial charge in [0.15, 0.2) is 0 Å². The zero-order valence-corrected chi connectivity index (χ0v) is 10.0. The standard InChI is InChI=1S/C15H12N2O/c1-8-6-10-11(7-16-15(10)18)13-9-4-2-3-5-12(9)17-14(8)13/h2-6,17H,7H2,1H3,(H,16,18). The fourth-order valence-corrected chi connectivity index (χ4v) is 2.91. The molecule has 18 heavy (non-hydrogen) atoms. The number of carbonyl (C=O) groups is 1. The number of hydrogen-bond acceptors (Lipinski definition) is 1. The van der Waals surface area contributed by atoms with E-state index in [0.29, 0.717) is 6.54 Å². The number of fused-ring (bicyclic) bond motifs is 5. The smallest absolute Gasteiger partial charge is 0.251 e. The highest BCUT2D eigenvalue weighted by Crippen LogP contribution is 2.34. The maximum absolute atomic E-state index is 11.8. The molecule has 0 atom stereocenters. The Labute approximate surface area is 104 Å². The Kier molecular flexibility index (Phi) is 1.69.